The highest BCUT2D eigenvalue weighted by Crippen LogP contribution is 2.15. The fourth-order valence-corrected chi connectivity index (χ4v) is 1.41. The molecule has 4 nitrogen and oxygen atoms in total. The van der Waals surface area contributed by atoms with Crippen LogP contribution in [0.25, 0.3) is 0 Å². The molecule has 0 saturated heterocycles. The number of ketones is 1. The summed E-state index contributed by atoms with van der Waals surface area (Å²) < 4.78 is 0. The van der Waals surface area contributed by atoms with E-state index in [0.29, 0.717) is 17.8 Å². The van der Waals surface area contributed by atoms with Crippen molar-refractivity contribution in [2.45, 2.75) is 6.92 Å². The van der Waals surface area contributed by atoms with Crippen LogP contribution >= 0.6 is 0 Å². The first-order chi connectivity index (χ1) is 8.15. The maximum atomic E-state index is 11.9. The summed E-state index contributed by atoms with van der Waals surface area (Å²) in [5, 5.41) is 5.57. The number of Topliss-reactive ketones (excluding diaryl/α,β-unsaturated/α-hetero) is 1. The summed E-state index contributed by atoms with van der Waals surface area (Å²) in [6.45, 7) is 5.77. The second-order valence-electron chi connectivity index (χ2n) is 3.57. The van der Waals surface area contributed by atoms with Crippen LogP contribution in [0, 0.1) is 0 Å². The van der Waals surface area contributed by atoms with Crippen molar-refractivity contribution in [1.29, 1.82) is 0 Å². The number of hydrogen-bond donors (Lipinski definition) is 2. The average Bonchev–Trinajstić information content (AvgIpc) is 2.29. The molecule has 0 aromatic heterocycles. The van der Waals surface area contributed by atoms with Gasteiger partial charge in [-0.3, -0.25) is 9.59 Å². The summed E-state index contributed by atoms with van der Waals surface area (Å²) in [5.74, 6) is -0.250. The summed E-state index contributed by atoms with van der Waals surface area (Å²) in [6, 6.07) is 6.95. The van der Waals surface area contributed by atoms with Gasteiger partial charge in [0.15, 0.2) is 5.78 Å². The van der Waals surface area contributed by atoms with Gasteiger partial charge in [0.2, 0.25) is 5.91 Å². The van der Waals surface area contributed by atoms with Crippen molar-refractivity contribution in [3.63, 3.8) is 0 Å². The lowest BCUT2D eigenvalue weighted by Gasteiger charge is -2.08. The molecule has 90 valence electrons. The number of para-hydroxylation sites is 1. The highest BCUT2D eigenvalue weighted by Gasteiger charge is 2.10. The fraction of sp³-hybridized carbons (Fsp3) is 0.231. The predicted octanol–water partition coefficient (Wildman–Crippen LogP) is 1.60. The van der Waals surface area contributed by atoms with Gasteiger partial charge < -0.3 is 10.6 Å². The molecule has 0 aliphatic carbocycles. The minimum atomic E-state index is -0.190. The second-order valence-corrected chi connectivity index (χ2v) is 3.57. The predicted molar refractivity (Wildman–Crippen MR) is 68.1 cm³/mol. The zero-order chi connectivity index (χ0) is 12.7. The summed E-state index contributed by atoms with van der Waals surface area (Å²) in [7, 11) is 0. The lowest BCUT2D eigenvalue weighted by Crippen LogP contribution is -2.24. The molecular weight excluding hydrogens is 216 g/mol. The Bertz CT molecular complexity index is 427. The van der Waals surface area contributed by atoms with Crippen LogP contribution in [0.1, 0.15) is 17.3 Å². The highest BCUT2D eigenvalue weighted by atomic mass is 16.1. The number of carbonyl (C=O) groups is 2. The first-order valence-corrected chi connectivity index (χ1v) is 5.36. The molecule has 1 aromatic rings. The molecule has 0 radical (unpaired) electrons. The average molecular weight is 232 g/mol. The van der Waals surface area contributed by atoms with Gasteiger partial charge in [-0.2, -0.15) is 0 Å². The SMILES string of the molecule is C=CCNCC(=O)c1ccccc1NC(C)=O. The number of rotatable bonds is 6. The van der Waals surface area contributed by atoms with Crippen LogP contribution in [-0.4, -0.2) is 24.8 Å². The number of hydrogen-bond acceptors (Lipinski definition) is 3. The Labute approximate surface area is 101 Å². The molecule has 1 rings (SSSR count). The Morgan fingerprint density at radius 1 is 1.35 bits per heavy atom. The molecule has 1 amide bonds. The summed E-state index contributed by atoms with van der Waals surface area (Å²) in [4.78, 5) is 22.9. The zero-order valence-corrected chi connectivity index (χ0v) is 9.82. The monoisotopic (exact) mass is 232 g/mol. The van der Waals surface area contributed by atoms with Crippen molar-refractivity contribution in [1.82, 2.24) is 5.32 Å². The van der Waals surface area contributed by atoms with Crippen molar-refractivity contribution in [3.8, 4) is 0 Å². The molecule has 17 heavy (non-hydrogen) atoms. The van der Waals surface area contributed by atoms with E-state index < -0.39 is 0 Å². The smallest absolute Gasteiger partial charge is 0.221 e. The molecule has 0 heterocycles. The van der Waals surface area contributed by atoms with Crippen LogP contribution in [0.4, 0.5) is 5.69 Å². The molecule has 4 heteroatoms. The Kier molecular flexibility index (Phi) is 5.10. The Morgan fingerprint density at radius 3 is 2.71 bits per heavy atom. The quantitative estimate of drug-likeness (QED) is 0.445. The largest absolute Gasteiger partial charge is 0.326 e. The van der Waals surface area contributed by atoms with Crippen molar-refractivity contribution in [3.05, 3.63) is 42.5 Å². The van der Waals surface area contributed by atoms with E-state index in [9.17, 15) is 9.59 Å². The molecule has 1 aromatic carbocycles. The first kappa shape index (κ1) is 13.1. The van der Waals surface area contributed by atoms with Gasteiger partial charge in [0.25, 0.3) is 0 Å². The third-order valence-electron chi connectivity index (χ3n) is 2.11. The van der Waals surface area contributed by atoms with E-state index in [2.05, 4.69) is 17.2 Å². The Morgan fingerprint density at radius 2 is 2.06 bits per heavy atom. The molecule has 0 fully saturated rings. The molecular formula is C13H16N2O2. The van der Waals surface area contributed by atoms with Gasteiger partial charge in [0.1, 0.15) is 0 Å². The minimum Gasteiger partial charge on any atom is -0.326 e. The van der Waals surface area contributed by atoms with E-state index in [1.807, 2.05) is 0 Å². The van der Waals surface area contributed by atoms with E-state index in [4.69, 9.17) is 0 Å². The molecule has 2 N–H and O–H groups in total. The van der Waals surface area contributed by atoms with Gasteiger partial charge >= 0.3 is 0 Å². The van der Waals surface area contributed by atoms with Crippen LogP contribution in [0.2, 0.25) is 0 Å². The summed E-state index contributed by atoms with van der Waals surface area (Å²) in [5.41, 5.74) is 1.06. The van der Waals surface area contributed by atoms with Gasteiger partial charge in [0.05, 0.1) is 12.2 Å². The number of nitrogens with one attached hydrogen (secondary N) is 2. The standard InChI is InChI=1S/C13H16N2O2/c1-3-8-14-9-13(17)11-6-4-5-7-12(11)15-10(2)16/h3-7,14H,1,8-9H2,2H3,(H,15,16). The molecule has 0 saturated carbocycles. The van der Waals surface area contributed by atoms with Gasteiger partial charge in [-0.15, -0.1) is 6.58 Å². The number of benzene rings is 1. The third-order valence-corrected chi connectivity index (χ3v) is 2.11. The highest BCUT2D eigenvalue weighted by molar-refractivity contribution is 6.05. The van der Waals surface area contributed by atoms with Crippen LogP contribution in [0.5, 0.6) is 0 Å². The van der Waals surface area contributed by atoms with Gasteiger partial charge in [-0.1, -0.05) is 18.2 Å². The summed E-state index contributed by atoms with van der Waals surface area (Å²) in [6.07, 6.45) is 1.69. The van der Waals surface area contributed by atoms with E-state index in [1.54, 1.807) is 30.3 Å². The first-order valence-electron chi connectivity index (χ1n) is 5.36. The van der Waals surface area contributed by atoms with Crippen LogP contribution in [0.15, 0.2) is 36.9 Å². The van der Waals surface area contributed by atoms with E-state index in [1.165, 1.54) is 6.92 Å². The number of carbonyl (C=O) groups excluding carboxylic acids is 2. The Hall–Kier alpha value is -1.94. The maximum Gasteiger partial charge on any atom is 0.221 e. The van der Waals surface area contributed by atoms with E-state index in [0.717, 1.165) is 0 Å². The van der Waals surface area contributed by atoms with Crippen LogP contribution in [0.3, 0.4) is 0 Å². The molecule has 0 spiro atoms. The van der Waals surface area contributed by atoms with Crippen molar-refractivity contribution >= 4 is 17.4 Å². The normalized spacial score (nSPS) is 9.71. The molecule has 0 aliphatic heterocycles. The van der Waals surface area contributed by atoms with Gasteiger partial charge in [-0.05, 0) is 12.1 Å². The molecule has 0 unspecified atom stereocenters. The van der Waals surface area contributed by atoms with Crippen LogP contribution in [-0.2, 0) is 4.79 Å². The van der Waals surface area contributed by atoms with Crippen LogP contribution < -0.4 is 10.6 Å². The third kappa shape index (κ3) is 4.20. The number of anilines is 1. The van der Waals surface area contributed by atoms with Crippen molar-refractivity contribution < 1.29 is 9.59 Å². The molecule has 0 aliphatic rings. The van der Waals surface area contributed by atoms with Gasteiger partial charge in [-0.25, -0.2) is 0 Å². The zero-order valence-electron chi connectivity index (χ0n) is 9.82. The van der Waals surface area contributed by atoms with Gasteiger partial charge in [0, 0.05) is 19.0 Å². The van der Waals surface area contributed by atoms with Crippen molar-refractivity contribution in [2.24, 2.45) is 0 Å². The molecule has 0 atom stereocenters. The second kappa shape index (κ2) is 6.60. The maximum absolute atomic E-state index is 11.9. The lowest BCUT2D eigenvalue weighted by atomic mass is 10.1. The van der Waals surface area contributed by atoms with Crippen molar-refractivity contribution in [2.75, 3.05) is 18.4 Å². The topological polar surface area (TPSA) is 58.2 Å². The minimum absolute atomic E-state index is 0.0591. The fourth-order valence-electron chi connectivity index (χ4n) is 1.41. The lowest BCUT2D eigenvalue weighted by molar-refractivity contribution is -0.114. The van der Waals surface area contributed by atoms with E-state index in [-0.39, 0.29) is 18.2 Å². The summed E-state index contributed by atoms with van der Waals surface area (Å²) >= 11 is 0. The Balaban J connectivity index is 2.77. The van der Waals surface area contributed by atoms with E-state index >= 15 is 0 Å². The molecule has 0 bridgehead atoms. The number of amides is 1.